The highest BCUT2D eigenvalue weighted by atomic mass is 16.5. The normalized spacial score (nSPS) is 31.3. The molecule has 36 heavy (non-hydrogen) atoms. The Bertz CT molecular complexity index is 1280. The van der Waals surface area contributed by atoms with E-state index in [9.17, 15) is 19.6 Å². The molecule has 3 amide bonds. The molecule has 2 bridgehead atoms. The minimum absolute atomic E-state index is 0.000321. The predicted molar refractivity (Wildman–Crippen MR) is 131 cm³/mol. The summed E-state index contributed by atoms with van der Waals surface area (Å²) < 4.78 is 5.40. The molecular formula is C27H31N5O4. The smallest absolute Gasteiger partial charge is 0.268 e. The van der Waals surface area contributed by atoms with Crippen molar-refractivity contribution < 1.29 is 19.1 Å². The van der Waals surface area contributed by atoms with Gasteiger partial charge in [-0.25, -0.2) is 0 Å². The van der Waals surface area contributed by atoms with Gasteiger partial charge in [0.2, 0.25) is 11.8 Å². The zero-order chi connectivity index (χ0) is 25.0. The van der Waals surface area contributed by atoms with Gasteiger partial charge in [-0.15, -0.1) is 0 Å². The fraction of sp³-hybridized carbons (Fsp3) is 0.556. The van der Waals surface area contributed by atoms with E-state index in [0.29, 0.717) is 36.7 Å². The van der Waals surface area contributed by atoms with Crippen molar-refractivity contribution in [3.05, 3.63) is 30.0 Å². The van der Waals surface area contributed by atoms with E-state index in [2.05, 4.69) is 27.0 Å². The van der Waals surface area contributed by atoms with Crippen molar-refractivity contribution in [2.45, 2.75) is 50.1 Å². The summed E-state index contributed by atoms with van der Waals surface area (Å²) in [5.41, 5.74) is 0.0400. The molecule has 6 atom stereocenters. The molecule has 1 aromatic heterocycles. The number of nitriles is 1. The van der Waals surface area contributed by atoms with Crippen molar-refractivity contribution in [1.29, 1.82) is 5.26 Å². The van der Waals surface area contributed by atoms with Crippen molar-refractivity contribution in [3.63, 3.8) is 0 Å². The van der Waals surface area contributed by atoms with Crippen LogP contribution < -0.4 is 20.7 Å². The number of nitrogens with one attached hydrogen (secondary N) is 4. The van der Waals surface area contributed by atoms with Gasteiger partial charge in [-0.05, 0) is 61.6 Å². The van der Waals surface area contributed by atoms with E-state index in [4.69, 9.17) is 4.74 Å². The van der Waals surface area contributed by atoms with E-state index in [1.165, 1.54) is 0 Å². The number of carbonyl (C=O) groups excluding carboxylic acids is 3. The van der Waals surface area contributed by atoms with Crippen molar-refractivity contribution in [3.8, 4) is 11.8 Å². The Morgan fingerprint density at radius 2 is 2.11 bits per heavy atom. The van der Waals surface area contributed by atoms with Gasteiger partial charge in [0, 0.05) is 29.3 Å². The lowest BCUT2D eigenvalue weighted by atomic mass is 9.52. The molecule has 1 unspecified atom stereocenters. The Morgan fingerprint density at radius 3 is 2.86 bits per heavy atom. The maximum atomic E-state index is 13.6. The van der Waals surface area contributed by atoms with Gasteiger partial charge in [0.15, 0.2) is 0 Å². The largest absolute Gasteiger partial charge is 0.496 e. The van der Waals surface area contributed by atoms with Gasteiger partial charge in [-0.2, -0.15) is 5.26 Å². The van der Waals surface area contributed by atoms with E-state index in [-0.39, 0.29) is 41.4 Å². The summed E-state index contributed by atoms with van der Waals surface area (Å²) in [5, 5.41) is 20.0. The highest BCUT2D eigenvalue weighted by Gasteiger charge is 2.61. The number of carbonyl (C=O) groups is 3. The molecule has 5 fully saturated rings. The molecule has 1 aromatic carbocycles. The molecule has 5 aliphatic rings. The third-order valence-corrected chi connectivity index (χ3v) is 8.90. The summed E-state index contributed by atoms with van der Waals surface area (Å²) in [4.78, 5) is 42.5. The number of fused-ring (bicyclic) bond motifs is 3. The van der Waals surface area contributed by atoms with Crippen molar-refractivity contribution >= 4 is 28.6 Å². The fourth-order valence-corrected chi connectivity index (χ4v) is 6.95. The number of methoxy groups -OCH3 is 1. The summed E-state index contributed by atoms with van der Waals surface area (Å²) in [7, 11) is 1.58. The Labute approximate surface area is 209 Å². The monoisotopic (exact) mass is 489 g/mol. The first kappa shape index (κ1) is 22.9. The minimum Gasteiger partial charge on any atom is -0.496 e. The maximum Gasteiger partial charge on any atom is 0.268 e. The van der Waals surface area contributed by atoms with Crippen LogP contribution in [-0.2, 0) is 9.59 Å². The summed E-state index contributed by atoms with van der Waals surface area (Å²) in [6, 6.07) is 8.92. The fourth-order valence-electron chi connectivity index (χ4n) is 6.95. The predicted octanol–water partition coefficient (Wildman–Crippen LogP) is 2.25. The number of aromatic nitrogens is 1. The Balaban J connectivity index is 1.23. The lowest BCUT2D eigenvalue weighted by molar-refractivity contribution is -0.135. The first-order valence-electron chi connectivity index (χ1n) is 12.9. The Morgan fingerprint density at radius 1 is 1.28 bits per heavy atom. The number of H-pyrrole nitrogens is 1. The lowest BCUT2D eigenvalue weighted by Gasteiger charge is -2.53. The summed E-state index contributed by atoms with van der Waals surface area (Å²) in [6.45, 7) is 0.662. The molecule has 2 aromatic rings. The highest BCUT2D eigenvalue weighted by molar-refractivity contribution is 6.01. The van der Waals surface area contributed by atoms with Gasteiger partial charge >= 0.3 is 0 Å². The van der Waals surface area contributed by atoms with E-state index >= 15 is 0 Å². The van der Waals surface area contributed by atoms with Crippen molar-refractivity contribution in [2.75, 3.05) is 13.7 Å². The summed E-state index contributed by atoms with van der Waals surface area (Å²) >= 11 is 0. The van der Waals surface area contributed by atoms with Gasteiger partial charge in [0.25, 0.3) is 5.91 Å². The number of benzene rings is 1. The second-order valence-electron chi connectivity index (χ2n) is 11.0. The first-order valence-corrected chi connectivity index (χ1v) is 12.9. The van der Waals surface area contributed by atoms with Crippen LogP contribution in [0.2, 0.25) is 0 Å². The van der Waals surface area contributed by atoms with Crippen molar-refractivity contribution in [1.82, 2.24) is 20.9 Å². The van der Waals surface area contributed by atoms with Crippen molar-refractivity contribution in [2.24, 2.45) is 29.6 Å². The molecule has 9 nitrogen and oxygen atoms in total. The van der Waals surface area contributed by atoms with Gasteiger partial charge in [0.05, 0.1) is 13.2 Å². The average molecular weight is 490 g/mol. The number of aromatic amines is 1. The number of hydrogen-bond acceptors (Lipinski definition) is 5. The van der Waals surface area contributed by atoms with Crippen LogP contribution in [0.3, 0.4) is 0 Å². The SMILES string of the molecule is COc1cccc2[nH]c(C(=O)N[C@@H](CC3CC3)C(=O)N[C@@]3(C#N)C[C@@H]4CCC3[C@H]3C(=O)NC[C@H]43)cc12. The zero-order valence-electron chi connectivity index (χ0n) is 20.3. The maximum absolute atomic E-state index is 13.6. The Kier molecular flexibility index (Phi) is 5.43. The van der Waals surface area contributed by atoms with E-state index in [1.54, 1.807) is 13.2 Å². The molecule has 7 rings (SSSR count). The second kappa shape index (κ2) is 8.54. The molecule has 9 heteroatoms. The van der Waals surface area contributed by atoms with Gasteiger partial charge in [-0.1, -0.05) is 18.9 Å². The van der Waals surface area contributed by atoms with E-state index in [0.717, 1.165) is 36.6 Å². The summed E-state index contributed by atoms with van der Waals surface area (Å²) in [5.74, 6) is 0.376. The molecule has 4 saturated carbocycles. The second-order valence-corrected chi connectivity index (χ2v) is 11.0. The average Bonchev–Trinajstić information content (AvgIpc) is 3.44. The zero-order valence-corrected chi connectivity index (χ0v) is 20.3. The van der Waals surface area contributed by atoms with Gasteiger partial charge < -0.3 is 25.7 Å². The topological polar surface area (TPSA) is 136 Å². The van der Waals surface area contributed by atoms with Crippen LogP contribution in [0.5, 0.6) is 5.75 Å². The third kappa shape index (κ3) is 3.71. The quantitative estimate of drug-likeness (QED) is 0.473. The lowest BCUT2D eigenvalue weighted by Crippen LogP contribution is -2.65. The number of nitrogens with zero attached hydrogens (tertiary/aromatic N) is 1. The van der Waals surface area contributed by atoms with Crippen LogP contribution in [-0.4, -0.2) is 47.9 Å². The van der Waals surface area contributed by atoms with Crippen LogP contribution in [0.15, 0.2) is 24.3 Å². The number of ether oxygens (including phenoxy) is 1. The molecule has 0 spiro atoms. The first-order chi connectivity index (χ1) is 17.4. The van der Waals surface area contributed by atoms with Crippen LogP contribution in [0.25, 0.3) is 10.9 Å². The molecular weight excluding hydrogens is 458 g/mol. The molecule has 1 aliphatic heterocycles. The number of amides is 3. The van der Waals surface area contributed by atoms with Crippen LogP contribution in [0, 0.1) is 40.9 Å². The number of rotatable bonds is 7. The molecule has 0 radical (unpaired) electrons. The van der Waals surface area contributed by atoms with Crippen LogP contribution >= 0.6 is 0 Å². The molecule has 2 heterocycles. The highest BCUT2D eigenvalue weighted by Crippen LogP contribution is 2.55. The standard InChI is InChI=1S/C27H31N5O4/c1-36-22-4-2-3-19-16(22)10-21(30-19)24(33)31-20(9-14-5-6-14)25(34)32-27(13-28)11-15-7-8-18(27)23-17(15)12-29-26(23)35/h2-4,10,14-15,17-18,20,23,30H,5-9,11-12H2,1H3,(H,29,35)(H,31,33)(H,32,34)/t15-,17+,18?,20-,23-,27+/m0/s1. The van der Waals surface area contributed by atoms with Crippen LogP contribution in [0.4, 0.5) is 0 Å². The van der Waals surface area contributed by atoms with E-state index < -0.39 is 11.6 Å². The van der Waals surface area contributed by atoms with E-state index in [1.807, 2.05) is 18.2 Å². The van der Waals surface area contributed by atoms with Gasteiger partial charge in [-0.3, -0.25) is 14.4 Å². The third-order valence-electron chi connectivity index (χ3n) is 8.90. The minimum atomic E-state index is -1.08. The Hall–Kier alpha value is -3.54. The molecule has 4 aliphatic carbocycles. The molecule has 1 saturated heterocycles. The number of hydrogen-bond donors (Lipinski definition) is 4. The molecule has 4 N–H and O–H groups in total. The van der Waals surface area contributed by atoms with Gasteiger partial charge in [0.1, 0.15) is 23.0 Å². The molecule has 188 valence electrons. The summed E-state index contributed by atoms with van der Waals surface area (Å²) in [6.07, 6.45) is 4.88. The van der Waals surface area contributed by atoms with Crippen LogP contribution in [0.1, 0.15) is 49.0 Å².